The van der Waals surface area contributed by atoms with Crippen molar-refractivity contribution in [2.24, 2.45) is 7.05 Å². The summed E-state index contributed by atoms with van der Waals surface area (Å²) in [5.74, 6) is 0.860. The van der Waals surface area contributed by atoms with Crippen molar-refractivity contribution in [2.75, 3.05) is 11.9 Å². The first-order chi connectivity index (χ1) is 12.1. The third-order valence-electron chi connectivity index (χ3n) is 3.97. The van der Waals surface area contributed by atoms with Crippen molar-refractivity contribution in [3.05, 3.63) is 48.2 Å². The monoisotopic (exact) mass is 340 g/mol. The number of hydrogen-bond acceptors (Lipinski definition) is 4. The molecule has 0 fully saturated rings. The van der Waals surface area contributed by atoms with E-state index in [4.69, 9.17) is 4.42 Å². The van der Waals surface area contributed by atoms with E-state index in [2.05, 4.69) is 15.6 Å². The molecule has 0 bridgehead atoms. The van der Waals surface area contributed by atoms with Crippen molar-refractivity contribution >= 4 is 28.5 Å². The van der Waals surface area contributed by atoms with E-state index in [0.29, 0.717) is 25.1 Å². The Morgan fingerprint density at radius 3 is 2.84 bits per heavy atom. The number of carbonyl (C=O) groups excluding carboxylic acids is 2. The summed E-state index contributed by atoms with van der Waals surface area (Å²) in [6.45, 7) is 2.37. The number of hydrogen-bond donors (Lipinski definition) is 2. The highest BCUT2D eigenvalue weighted by Gasteiger charge is 2.12. The largest absolute Gasteiger partial charge is 0.459 e. The number of anilines is 1. The minimum absolute atomic E-state index is 0.0293. The van der Waals surface area contributed by atoms with Crippen LogP contribution in [0.25, 0.3) is 11.0 Å². The molecule has 0 atom stereocenters. The Kier molecular flexibility index (Phi) is 4.83. The molecule has 0 aliphatic heterocycles. The number of nitrogens with zero attached hydrogens (tertiary/aromatic N) is 2. The van der Waals surface area contributed by atoms with Gasteiger partial charge in [-0.15, -0.1) is 0 Å². The van der Waals surface area contributed by atoms with Gasteiger partial charge in [0.2, 0.25) is 5.91 Å². The molecule has 0 aliphatic rings. The van der Waals surface area contributed by atoms with Crippen LogP contribution < -0.4 is 10.6 Å². The van der Waals surface area contributed by atoms with Gasteiger partial charge in [0.05, 0.1) is 17.3 Å². The fourth-order valence-electron chi connectivity index (χ4n) is 2.59. The van der Waals surface area contributed by atoms with Gasteiger partial charge in [-0.1, -0.05) is 6.92 Å². The molecule has 2 heterocycles. The maximum absolute atomic E-state index is 12.0. The summed E-state index contributed by atoms with van der Waals surface area (Å²) in [4.78, 5) is 28.0. The van der Waals surface area contributed by atoms with Gasteiger partial charge < -0.3 is 19.6 Å². The standard InChI is InChI=1S/C18H20N4O3/c1-3-17(23)19-9-8-16-21-13-11-12(6-7-14(13)22(16)2)20-18(24)15-5-4-10-25-15/h4-7,10-11H,3,8-9H2,1-2H3,(H,19,23)(H,20,24). The van der Waals surface area contributed by atoms with Crippen molar-refractivity contribution in [3.63, 3.8) is 0 Å². The quantitative estimate of drug-likeness (QED) is 0.721. The summed E-state index contributed by atoms with van der Waals surface area (Å²) < 4.78 is 7.08. The Morgan fingerprint density at radius 2 is 2.12 bits per heavy atom. The van der Waals surface area contributed by atoms with E-state index in [1.54, 1.807) is 12.1 Å². The normalized spacial score (nSPS) is 10.8. The molecule has 0 saturated heterocycles. The summed E-state index contributed by atoms with van der Waals surface area (Å²) >= 11 is 0. The molecule has 130 valence electrons. The average molecular weight is 340 g/mol. The van der Waals surface area contributed by atoms with Crippen LogP contribution in [0, 0.1) is 0 Å². The zero-order valence-electron chi connectivity index (χ0n) is 14.2. The topological polar surface area (TPSA) is 89.2 Å². The van der Waals surface area contributed by atoms with Crippen LogP contribution >= 0.6 is 0 Å². The number of rotatable bonds is 6. The lowest BCUT2D eigenvalue weighted by Gasteiger charge is -2.04. The Hall–Kier alpha value is -3.09. The molecule has 2 aromatic heterocycles. The molecular weight excluding hydrogens is 320 g/mol. The van der Waals surface area contributed by atoms with Crippen LogP contribution in [0.3, 0.4) is 0 Å². The number of nitrogens with one attached hydrogen (secondary N) is 2. The SMILES string of the molecule is CCC(=O)NCCc1nc2cc(NC(=O)c3ccco3)ccc2n1C. The van der Waals surface area contributed by atoms with Crippen LogP contribution in [0.1, 0.15) is 29.7 Å². The van der Waals surface area contributed by atoms with Crippen molar-refractivity contribution in [1.29, 1.82) is 0 Å². The molecule has 2 amide bonds. The number of imidazole rings is 1. The number of fused-ring (bicyclic) bond motifs is 1. The fourth-order valence-corrected chi connectivity index (χ4v) is 2.59. The number of carbonyl (C=O) groups is 2. The van der Waals surface area contributed by atoms with Crippen LogP contribution in [0.4, 0.5) is 5.69 Å². The molecule has 0 saturated carbocycles. The zero-order valence-corrected chi connectivity index (χ0v) is 14.2. The third-order valence-corrected chi connectivity index (χ3v) is 3.97. The number of furan rings is 1. The maximum atomic E-state index is 12.0. The number of benzene rings is 1. The van der Waals surface area contributed by atoms with E-state index < -0.39 is 0 Å². The first kappa shape index (κ1) is 16.8. The highest BCUT2D eigenvalue weighted by Crippen LogP contribution is 2.20. The Morgan fingerprint density at radius 1 is 1.28 bits per heavy atom. The van der Waals surface area contributed by atoms with E-state index in [9.17, 15) is 9.59 Å². The van der Waals surface area contributed by atoms with E-state index in [1.807, 2.05) is 36.7 Å². The Bertz CT molecular complexity index is 897. The third kappa shape index (κ3) is 3.71. The summed E-state index contributed by atoms with van der Waals surface area (Å²) in [5.41, 5.74) is 2.40. The fraction of sp³-hybridized carbons (Fsp3) is 0.278. The summed E-state index contributed by atoms with van der Waals surface area (Å²) in [6, 6.07) is 8.84. The number of aromatic nitrogens is 2. The molecule has 25 heavy (non-hydrogen) atoms. The van der Waals surface area contributed by atoms with Crippen molar-refractivity contribution in [1.82, 2.24) is 14.9 Å². The molecule has 0 aliphatic carbocycles. The lowest BCUT2D eigenvalue weighted by Crippen LogP contribution is -2.25. The lowest BCUT2D eigenvalue weighted by molar-refractivity contribution is -0.120. The second kappa shape index (κ2) is 7.21. The molecule has 1 aromatic carbocycles. The van der Waals surface area contributed by atoms with Gasteiger partial charge in [-0.25, -0.2) is 4.98 Å². The Balaban J connectivity index is 1.74. The predicted octanol–water partition coefficient (Wildman–Crippen LogP) is 2.49. The van der Waals surface area contributed by atoms with Gasteiger partial charge in [0, 0.05) is 32.1 Å². The van der Waals surface area contributed by atoms with Gasteiger partial charge in [0.15, 0.2) is 5.76 Å². The van der Waals surface area contributed by atoms with Crippen LogP contribution in [0.5, 0.6) is 0 Å². The van der Waals surface area contributed by atoms with Crippen LogP contribution in [-0.4, -0.2) is 27.9 Å². The molecule has 2 N–H and O–H groups in total. The van der Waals surface area contributed by atoms with Gasteiger partial charge >= 0.3 is 0 Å². The van der Waals surface area contributed by atoms with Gasteiger partial charge in [-0.2, -0.15) is 0 Å². The smallest absolute Gasteiger partial charge is 0.291 e. The summed E-state index contributed by atoms with van der Waals surface area (Å²) in [7, 11) is 1.94. The molecule has 3 rings (SSSR count). The average Bonchev–Trinajstić information content (AvgIpc) is 3.24. The van der Waals surface area contributed by atoms with Crippen molar-refractivity contribution in [2.45, 2.75) is 19.8 Å². The van der Waals surface area contributed by atoms with Gasteiger partial charge in [-0.3, -0.25) is 9.59 Å². The minimum Gasteiger partial charge on any atom is -0.459 e. The highest BCUT2D eigenvalue weighted by atomic mass is 16.3. The highest BCUT2D eigenvalue weighted by molar-refractivity contribution is 6.03. The van der Waals surface area contributed by atoms with Gasteiger partial charge in [-0.05, 0) is 30.3 Å². The van der Waals surface area contributed by atoms with Crippen molar-refractivity contribution < 1.29 is 14.0 Å². The molecule has 7 nitrogen and oxygen atoms in total. The number of aryl methyl sites for hydroxylation is 1. The molecule has 0 radical (unpaired) electrons. The van der Waals surface area contributed by atoms with Crippen LogP contribution in [0.15, 0.2) is 41.0 Å². The van der Waals surface area contributed by atoms with E-state index in [-0.39, 0.29) is 17.6 Å². The minimum atomic E-state index is -0.303. The Labute approximate surface area is 145 Å². The zero-order chi connectivity index (χ0) is 17.8. The maximum Gasteiger partial charge on any atom is 0.291 e. The second-order valence-electron chi connectivity index (χ2n) is 5.68. The summed E-state index contributed by atoms with van der Waals surface area (Å²) in [5, 5.41) is 5.64. The molecule has 3 aromatic rings. The van der Waals surface area contributed by atoms with Crippen LogP contribution in [-0.2, 0) is 18.3 Å². The van der Waals surface area contributed by atoms with Crippen molar-refractivity contribution in [3.8, 4) is 0 Å². The van der Waals surface area contributed by atoms with Crippen LogP contribution in [0.2, 0.25) is 0 Å². The van der Waals surface area contributed by atoms with E-state index in [1.165, 1.54) is 6.26 Å². The van der Waals surface area contributed by atoms with E-state index >= 15 is 0 Å². The lowest BCUT2D eigenvalue weighted by atomic mass is 10.2. The van der Waals surface area contributed by atoms with Gasteiger partial charge in [0.25, 0.3) is 5.91 Å². The van der Waals surface area contributed by atoms with Gasteiger partial charge in [0.1, 0.15) is 5.82 Å². The molecular formula is C18H20N4O3. The molecule has 0 spiro atoms. The molecule has 7 heteroatoms. The van der Waals surface area contributed by atoms with E-state index in [0.717, 1.165) is 16.9 Å². The molecule has 0 unspecified atom stereocenters. The predicted molar refractivity (Wildman–Crippen MR) is 94.4 cm³/mol. The first-order valence-corrected chi connectivity index (χ1v) is 8.15. The number of amides is 2. The second-order valence-corrected chi connectivity index (χ2v) is 5.68. The summed E-state index contributed by atoms with van der Waals surface area (Å²) in [6.07, 6.45) is 2.58. The first-order valence-electron chi connectivity index (χ1n) is 8.15.